The van der Waals surface area contributed by atoms with Crippen LogP contribution in [-0.2, 0) is 16.6 Å². The van der Waals surface area contributed by atoms with E-state index in [0.717, 1.165) is 77.6 Å². The minimum Gasteiger partial charge on any atom is -0.359 e. The Morgan fingerprint density at radius 3 is 2.67 bits per heavy atom. The zero-order valence-corrected chi connectivity index (χ0v) is 24.9. The zero-order valence-electron chi connectivity index (χ0n) is 24.1. The van der Waals surface area contributed by atoms with Gasteiger partial charge in [-0.15, -0.1) is 11.8 Å². The molecule has 2 aliphatic heterocycles. The molecular formula is C30H42N6O2S. The van der Waals surface area contributed by atoms with Gasteiger partial charge in [0.05, 0.1) is 22.5 Å². The fraction of sp³-hybridized carbons (Fsp3) is 0.700. The molecule has 9 heteroatoms. The number of thioether (sulfide) groups is 1. The summed E-state index contributed by atoms with van der Waals surface area (Å²) in [6.07, 6.45) is 13.4. The summed E-state index contributed by atoms with van der Waals surface area (Å²) >= 11 is 1.63. The number of nitrogens with zero attached hydrogens (tertiary/aromatic N) is 6. The quantitative estimate of drug-likeness (QED) is 0.271. The molecule has 3 fully saturated rings. The van der Waals surface area contributed by atoms with Crippen LogP contribution in [0.25, 0.3) is 22.6 Å². The summed E-state index contributed by atoms with van der Waals surface area (Å²) in [5, 5.41) is 11.5. The first-order valence-corrected chi connectivity index (χ1v) is 16.3. The first kappa shape index (κ1) is 26.9. The van der Waals surface area contributed by atoms with Crippen molar-refractivity contribution in [1.82, 2.24) is 29.8 Å². The van der Waals surface area contributed by atoms with Crippen LogP contribution in [-0.4, -0.2) is 60.5 Å². The number of Topliss-reactive ketones (excluding diaryl/α,β-unsaturated/α-hetero) is 1. The van der Waals surface area contributed by atoms with E-state index < -0.39 is 5.41 Å². The van der Waals surface area contributed by atoms with Crippen LogP contribution in [0.5, 0.6) is 0 Å². The molecule has 1 unspecified atom stereocenters. The number of aryl methyl sites for hydroxylation is 1. The predicted molar refractivity (Wildman–Crippen MR) is 154 cm³/mol. The Balaban J connectivity index is 0.00000135. The summed E-state index contributed by atoms with van der Waals surface area (Å²) in [5.74, 6) is 1.71. The van der Waals surface area contributed by atoms with Crippen LogP contribution in [0.3, 0.4) is 0 Å². The number of carbonyl (C=O) groups is 1. The molecule has 0 bridgehead atoms. The fourth-order valence-electron chi connectivity index (χ4n) is 7.89. The molecule has 0 N–H and O–H groups in total. The molecule has 7 rings (SSSR count). The topological polar surface area (TPSA) is 89.9 Å². The van der Waals surface area contributed by atoms with Crippen molar-refractivity contribution < 1.29 is 9.32 Å². The van der Waals surface area contributed by atoms with Crippen LogP contribution >= 0.6 is 11.8 Å². The van der Waals surface area contributed by atoms with Crippen molar-refractivity contribution in [3.05, 3.63) is 17.0 Å². The molecular weight excluding hydrogens is 508 g/mol. The molecule has 4 aliphatic rings. The van der Waals surface area contributed by atoms with Crippen LogP contribution in [0.1, 0.15) is 108 Å². The van der Waals surface area contributed by atoms with Gasteiger partial charge in [-0.3, -0.25) is 9.69 Å². The maximum Gasteiger partial charge on any atom is 0.185 e. The van der Waals surface area contributed by atoms with Crippen LogP contribution in [0.4, 0.5) is 0 Å². The van der Waals surface area contributed by atoms with E-state index in [1.165, 1.54) is 32.2 Å². The molecule has 8 nitrogen and oxygen atoms in total. The Bertz CT molecular complexity index is 1380. The first-order chi connectivity index (χ1) is 19.0. The molecule has 0 amide bonds. The molecule has 39 heavy (non-hydrogen) atoms. The maximum absolute atomic E-state index is 13.1. The summed E-state index contributed by atoms with van der Waals surface area (Å²) in [7, 11) is 0. The van der Waals surface area contributed by atoms with Gasteiger partial charge in [-0.25, -0.2) is 14.6 Å². The molecule has 0 aromatic carbocycles. The Hall–Kier alpha value is -2.26. The summed E-state index contributed by atoms with van der Waals surface area (Å²) in [5.41, 5.74) is 3.12. The smallest absolute Gasteiger partial charge is 0.185 e. The average molecular weight is 551 g/mol. The highest BCUT2D eigenvalue weighted by Gasteiger charge is 2.48. The number of fused-ring (bicyclic) bond motifs is 4. The maximum atomic E-state index is 13.1. The van der Waals surface area contributed by atoms with Crippen molar-refractivity contribution in [3.63, 3.8) is 0 Å². The number of aromatic nitrogens is 5. The third kappa shape index (κ3) is 4.17. The second kappa shape index (κ2) is 10.6. The lowest BCUT2D eigenvalue weighted by atomic mass is 9.64. The molecule has 1 spiro atoms. The lowest BCUT2D eigenvalue weighted by molar-refractivity contribution is -0.128. The minimum atomic E-state index is -0.495. The Labute approximate surface area is 235 Å². The van der Waals surface area contributed by atoms with Crippen LogP contribution in [0.2, 0.25) is 0 Å². The summed E-state index contributed by atoms with van der Waals surface area (Å²) < 4.78 is 8.17. The van der Waals surface area contributed by atoms with Gasteiger partial charge >= 0.3 is 0 Å². The molecule has 3 aromatic heterocycles. The molecule has 1 saturated carbocycles. The predicted octanol–water partition coefficient (Wildman–Crippen LogP) is 6.44. The highest BCUT2D eigenvalue weighted by Crippen LogP contribution is 2.48. The Morgan fingerprint density at radius 1 is 1.05 bits per heavy atom. The standard InChI is InChI=1S/C28H36N6O2S.C2H6/c1-16-22-26(34(31-16)17(2)20-12-11-18-8-7-15-33(18)20)29-25(30-27(22)37-3)23-19-9-6-14-28(24(19)36-32-23)13-5-4-10-21(28)35;1-2/h17-18,20H,4-15H2,1-3H3;1-2H3/t17-,18?,20-,28+;/m0./s1. The average Bonchev–Trinajstić information content (AvgIpc) is 3.74. The number of carbonyl (C=O) groups excluding carboxylic acids is 1. The first-order valence-electron chi connectivity index (χ1n) is 15.1. The van der Waals surface area contributed by atoms with Crippen molar-refractivity contribution in [3.8, 4) is 11.5 Å². The molecule has 210 valence electrons. The largest absolute Gasteiger partial charge is 0.359 e. The molecule has 4 atom stereocenters. The molecule has 3 aromatic rings. The van der Waals surface area contributed by atoms with E-state index in [-0.39, 0.29) is 6.04 Å². The van der Waals surface area contributed by atoms with E-state index in [1.807, 2.05) is 13.8 Å². The lowest BCUT2D eigenvalue weighted by Crippen LogP contribution is -2.41. The van der Waals surface area contributed by atoms with Gasteiger partial charge in [0.25, 0.3) is 0 Å². The SMILES string of the molecule is CC.CSc1nc(-c2noc3c2CCC[C@@]32CCCCC2=O)nc2c1c(C)nn2[C@@H](C)[C@@H]1CCC2CCCN21. The van der Waals surface area contributed by atoms with Gasteiger partial charge in [0, 0.05) is 24.1 Å². The summed E-state index contributed by atoms with van der Waals surface area (Å²) in [4.78, 5) is 26.0. The highest BCUT2D eigenvalue weighted by atomic mass is 32.2. The number of hydrogen-bond acceptors (Lipinski definition) is 8. The lowest BCUT2D eigenvalue weighted by Gasteiger charge is -2.36. The van der Waals surface area contributed by atoms with Crippen LogP contribution in [0.15, 0.2) is 9.55 Å². The monoisotopic (exact) mass is 550 g/mol. The normalized spacial score (nSPS) is 27.5. The van der Waals surface area contributed by atoms with E-state index in [0.29, 0.717) is 29.8 Å². The van der Waals surface area contributed by atoms with E-state index in [2.05, 4.69) is 34.8 Å². The van der Waals surface area contributed by atoms with Gasteiger partial charge in [0.15, 0.2) is 22.9 Å². The third-order valence-corrected chi connectivity index (χ3v) is 10.4. The van der Waals surface area contributed by atoms with E-state index in [1.54, 1.807) is 11.8 Å². The third-order valence-electron chi connectivity index (χ3n) is 9.73. The van der Waals surface area contributed by atoms with Gasteiger partial charge in [0.1, 0.15) is 10.8 Å². The minimum absolute atomic E-state index is 0.228. The second-order valence-electron chi connectivity index (χ2n) is 11.6. The summed E-state index contributed by atoms with van der Waals surface area (Å²) in [6, 6.07) is 1.45. The fourth-order valence-corrected chi connectivity index (χ4v) is 8.51. The van der Waals surface area contributed by atoms with E-state index >= 15 is 0 Å². The molecule has 5 heterocycles. The second-order valence-corrected chi connectivity index (χ2v) is 12.4. The van der Waals surface area contributed by atoms with Crippen molar-refractivity contribution in [2.45, 2.75) is 127 Å². The van der Waals surface area contributed by atoms with Gasteiger partial charge in [-0.2, -0.15) is 5.10 Å². The zero-order chi connectivity index (χ0) is 27.3. The van der Waals surface area contributed by atoms with Gasteiger partial charge in [-0.1, -0.05) is 25.4 Å². The van der Waals surface area contributed by atoms with Crippen LogP contribution in [0, 0.1) is 6.92 Å². The number of hydrogen-bond donors (Lipinski definition) is 0. The number of rotatable bonds is 4. The molecule has 2 saturated heterocycles. The Kier molecular flexibility index (Phi) is 7.33. The Morgan fingerprint density at radius 2 is 1.87 bits per heavy atom. The highest BCUT2D eigenvalue weighted by molar-refractivity contribution is 7.98. The van der Waals surface area contributed by atoms with E-state index in [9.17, 15) is 4.79 Å². The van der Waals surface area contributed by atoms with Crippen molar-refractivity contribution >= 4 is 28.6 Å². The van der Waals surface area contributed by atoms with E-state index in [4.69, 9.17) is 19.6 Å². The van der Waals surface area contributed by atoms with Crippen molar-refractivity contribution in [2.75, 3.05) is 12.8 Å². The van der Waals surface area contributed by atoms with Gasteiger partial charge in [-0.05, 0) is 84.4 Å². The van der Waals surface area contributed by atoms with Crippen molar-refractivity contribution in [1.29, 1.82) is 0 Å². The molecule has 0 radical (unpaired) electrons. The van der Waals surface area contributed by atoms with Gasteiger partial charge < -0.3 is 4.52 Å². The van der Waals surface area contributed by atoms with Gasteiger partial charge in [0.2, 0.25) is 0 Å². The molecule has 2 aliphatic carbocycles. The summed E-state index contributed by atoms with van der Waals surface area (Å²) in [6.45, 7) is 9.56. The number of ketones is 1. The van der Waals surface area contributed by atoms with Crippen LogP contribution < -0.4 is 0 Å². The van der Waals surface area contributed by atoms with Crippen molar-refractivity contribution in [2.24, 2.45) is 0 Å².